The molecule has 12 unspecified atom stereocenters. The van der Waals surface area contributed by atoms with Crippen molar-refractivity contribution in [3.8, 4) is 0 Å². The molecular formula is C46H73N13O17. The second-order valence-electron chi connectivity index (χ2n) is 19.5. The molecule has 76 heavy (non-hydrogen) atoms. The van der Waals surface area contributed by atoms with Crippen LogP contribution in [0.3, 0.4) is 0 Å². The van der Waals surface area contributed by atoms with E-state index in [-0.39, 0.29) is 32.4 Å². The summed E-state index contributed by atoms with van der Waals surface area (Å²) in [5.41, 5.74) is 12.1. The molecule has 0 radical (unpaired) electrons. The second kappa shape index (κ2) is 29.0. The van der Waals surface area contributed by atoms with Gasteiger partial charge in [-0.05, 0) is 65.2 Å². The summed E-state index contributed by atoms with van der Waals surface area (Å²) >= 11 is 0. The van der Waals surface area contributed by atoms with Crippen LogP contribution in [0.15, 0.2) is 0 Å². The van der Waals surface area contributed by atoms with E-state index < -0.39 is 187 Å². The van der Waals surface area contributed by atoms with Crippen molar-refractivity contribution < 1.29 is 82.4 Å². The number of carboxylic acid groups (broad SMARTS) is 3. The summed E-state index contributed by atoms with van der Waals surface area (Å²) < 4.78 is 0. The van der Waals surface area contributed by atoms with Crippen LogP contribution < -0.4 is 59.3 Å². The van der Waals surface area contributed by atoms with Gasteiger partial charge in [-0.3, -0.25) is 67.1 Å². The normalized spacial score (nSPS) is 28.1. The minimum atomic E-state index is -2.05. The average molecular weight is 1080 g/mol. The first-order valence-corrected chi connectivity index (χ1v) is 25.0. The van der Waals surface area contributed by atoms with Gasteiger partial charge in [-0.1, -0.05) is 20.8 Å². The number of hydrogen-bond acceptors (Lipinski definition) is 16. The number of rotatable bonds is 11. The Morgan fingerprint density at radius 1 is 0.618 bits per heavy atom. The molecule has 0 aromatic heterocycles. The van der Waals surface area contributed by atoms with Gasteiger partial charge in [0, 0.05) is 31.6 Å². The molecule has 3 fully saturated rings. The van der Waals surface area contributed by atoms with Crippen LogP contribution in [0.1, 0.15) is 99.3 Å². The van der Waals surface area contributed by atoms with E-state index in [1.807, 2.05) is 5.32 Å². The quantitative estimate of drug-likeness (QED) is 0.0915. The van der Waals surface area contributed by atoms with Gasteiger partial charge in [-0.2, -0.15) is 0 Å². The fourth-order valence-electron chi connectivity index (χ4n) is 8.70. The van der Waals surface area contributed by atoms with Crippen LogP contribution in [-0.4, -0.2) is 201 Å². The summed E-state index contributed by atoms with van der Waals surface area (Å²) in [4.78, 5) is 189. The van der Waals surface area contributed by atoms with Crippen LogP contribution >= 0.6 is 0 Å². The van der Waals surface area contributed by atoms with Crippen molar-refractivity contribution in [3.05, 3.63) is 0 Å². The Morgan fingerprint density at radius 2 is 1.16 bits per heavy atom. The summed E-state index contributed by atoms with van der Waals surface area (Å²) in [6, 6.07) is -15.9. The number of hydrogen-bond donors (Lipinski definition) is 14. The molecule has 12 atom stereocenters. The van der Waals surface area contributed by atoms with Crippen LogP contribution in [0.2, 0.25) is 0 Å². The van der Waals surface area contributed by atoms with Gasteiger partial charge < -0.3 is 84.4 Å². The largest absolute Gasteiger partial charge is 0.481 e. The van der Waals surface area contributed by atoms with Gasteiger partial charge in [0.15, 0.2) is 0 Å². The molecule has 16 N–H and O–H groups in total. The third-order valence-electron chi connectivity index (χ3n) is 13.1. The van der Waals surface area contributed by atoms with Crippen molar-refractivity contribution in [1.82, 2.24) is 57.7 Å². The van der Waals surface area contributed by atoms with Gasteiger partial charge in [0.1, 0.15) is 42.3 Å². The van der Waals surface area contributed by atoms with Crippen LogP contribution in [-0.2, 0) is 67.1 Å². The van der Waals surface area contributed by atoms with Gasteiger partial charge in [0.2, 0.25) is 65.0 Å². The van der Waals surface area contributed by atoms with Gasteiger partial charge >= 0.3 is 17.9 Å². The number of fused-ring (bicyclic) bond motifs is 2. The number of nitrogens with zero attached hydrogens (tertiary/aromatic N) is 2. The number of carboxylic acids is 3. The summed E-state index contributed by atoms with van der Waals surface area (Å²) in [7, 11) is 0. The van der Waals surface area contributed by atoms with Crippen LogP contribution in [0, 0.1) is 11.8 Å². The molecule has 0 bridgehead atoms. The van der Waals surface area contributed by atoms with E-state index in [4.69, 9.17) is 11.5 Å². The minimum absolute atomic E-state index is 0.0474. The Morgan fingerprint density at radius 3 is 1.70 bits per heavy atom. The molecule has 0 spiro atoms. The van der Waals surface area contributed by atoms with Crippen LogP contribution in [0.25, 0.3) is 0 Å². The van der Waals surface area contributed by atoms with E-state index in [2.05, 4.69) is 42.5 Å². The Hall–Kier alpha value is -7.50. The Balaban J connectivity index is 2.11. The summed E-state index contributed by atoms with van der Waals surface area (Å²) in [6.07, 6.45) is -0.974. The first-order valence-electron chi connectivity index (χ1n) is 25.0. The monoisotopic (exact) mass is 1080 g/mol. The molecule has 0 aromatic carbocycles. The molecule has 3 aliphatic heterocycles. The molecule has 3 rings (SSSR count). The lowest BCUT2D eigenvalue weighted by atomic mass is 9.96. The lowest BCUT2D eigenvalue weighted by Gasteiger charge is -2.39. The molecule has 11 amide bonds. The molecule has 0 aromatic rings. The third-order valence-corrected chi connectivity index (χ3v) is 13.1. The SMILES string of the molecule is CCC(N)C(=O)NC1C(=O)N2CCCCC2C(=O)NC(C(C)C(=O)O)C(=O)NC(CC(=O)O)C(=O)NCC(=O)NC(CC(=O)O)C(=O)NCC(=O)NC(C(C)N)C(=O)NC(C(C)C)C(=O)N2CCCC2CC(=O)NC1C. The average Bonchev–Trinajstić information content (AvgIpc) is 3.81. The number of piperidine rings is 1. The highest BCUT2D eigenvalue weighted by Gasteiger charge is 2.43. The molecule has 30 nitrogen and oxygen atoms in total. The van der Waals surface area contributed by atoms with Crippen molar-refractivity contribution in [2.45, 2.75) is 166 Å². The van der Waals surface area contributed by atoms with Gasteiger partial charge in [-0.25, -0.2) is 0 Å². The maximum atomic E-state index is 14.7. The number of aliphatic carboxylic acids is 3. The number of carbonyl (C=O) groups is 14. The fourth-order valence-corrected chi connectivity index (χ4v) is 8.70. The lowest BCUT2D eigenvalue weighted by Crippen LogP contribution is -2.65. The van der Waals surface area contributed by atoms with Crippen molar-refractivity contribution in [2.75, 3.05) is 26.2 Å². The van der Waals surface area contributed by atoms with Gasteiger partial charge in [0.05, 0.1) is 43.9 Å². The van der Waals surface area contributed by atoms with Crippen LogP contribution in [0.5, 0.6) is 0 Å². The highest BCUT2D eigenvalue weighted by molar-refractivity contribution is 6.00. The van der Waals surface area contributed by atoms with Crippen molar-refractivity contribution in [1.29, 1.82) is 0 Å². The Bertz CT molecular complexity index is 2230. The third kappa shape index (κ3) is 18.1. The van der Waals surface area contributed by atoms with Gasteiger partial charge in [-0.15, -0.1) is 0 Å². The van der Waals surface area contributed by atoms with E-state index in [9.17, 15) is 82.4 Å². The van der Waals surface area contributed by atoms with E-state index in [1.54, 1.807) is 20.8 Å². The standard InChI is InChI=1S/C46H73N13O17/c1-7-25(48)38(67)57-37-23(6)51-29(60)15-24-11-10-14-58(24)44(73)34(20(2)3)55-43(72)36(22(5)47)54-31(62)19-50-39(68)26(16-32(63)64)52-30(61)18-49-40(69)27(17-33(65)66)53-42(71)35(21(4)46(75)76)56-41(70)28-12-8-9-13-59(28)45(37)74/h20-28,34-37H,7-19,47-48H2,1-6H3,(H,49,69)(H,50,68)(H,51,60)(H,52,61)(H,53,71)(H,54,62)(H,55,72)(H,56,70)(H,57,67)(H,63,64)(H,65,66)(H,75,76). The zero-order chi connectivity index (χ0) is 57.3. The lowest BCUT2D eigenvalue weighted by molar-refractivity contribution is -0.149. The van der Waals surface area contributed by atoms with E-state index in [0.29, 0.717) is 25.7 Å². The Labute approximate surface area is 437 Å². The number of amides is 11. The summed E-state index contributed by atoms with van der Waals surface area (Å²) in [5, 5.41) is 50.0. The fraction of sp³-hybridized carbons (Fsp3) is 0.696. The zero-order valence-electron chi connectivity index (χ0n) is 43.3. The predicted octanol–water partition coefficient (Wildman–Crippen LogP) is -6.18. The highest BCUT2D eigenvalue weighted by atomic mass is 16.4. The maximum absolute atomic E-state index is 14.7. The van der Waals surface area contributed by atoms with Crippen LogP contribution in [0.4, 0.5) is 0 Å². The molecular weight excluding hydrogens is 1010 g/mol. The Kier molecular flexibility index (Phi) is 23.9. The molecule has 0 aliphatic carbocycles. The van der Waals surface area contributed by atoms with Gasteiger partial charge in [0.25, 0.3) is 0 Å². The first kappa shape index (κ1) is 62.8. The molecule has 0 saturated carbocycles. The molecule has 424 valence electrons. The van der Waals surface area contributed by atoms with E-state index in [0.717, 1.165) is 11.8 Å². The van der Waals surface area contributed by atoms with Crippen molar-refractivity contribution in [2.24, 2.45) is 23.3 Å². The first-order chi connectivity index (χ1) is 35.6. The minimum Gasteiger partial charge on any atom is -0.481 e. The number of nitrogens with one attached hydrogen (secondary N) is 9. The molecule has 3 aliphatic rings. The topological polar surface area (TPSA) is 466 Å². The van der Waals surface area contributed by atoms with E-state index >= 15 is 0 Å². The molecule has 3 saturated heterocycles. The second-order valence-corrected chi connectivity index (χ2v) is 19.5. The smallest absolute Gasteiger partial charge is 0.308 e. The van der Waals surface area contributed by atoms with Crippen molar-refractivity contribution >= 4 is 82.9 Å². The zero-order valence-corrected chi connectivity index (χ0v) is 43.3. The molecule has 3 heterocycles. The van der Waals surface area contributed by atoms with Crippen molar-refractivity contribution in [3.63, 3.8) is 0 Å². The summed E-state index contributed by atoms with van der Waals surface area (Å²) in [5.74, 6) is -18.3. The summed E-state index contributed by atoms with van der Waals surface area (Å²) in [6.45, 7) is 6.80. The predicted molar refractivity (Wildman–Crippen MR) is 262 cm³/mol. The maximum Gasteiger partial charge on any atom is 0.308 e. The van der Waals surface area contributed by atoms with E-state index in [1.165, 1.54) is 18.7 Å². The number of nitrogens with two attached hydrogens (primary N) is 2. The highest BCUT2D eigenvalue weighted by Crippen LogP contribution is 2.24. The molecule has 30 heteroatoms. The number of carbonyl (C=O) groups excluding carboxylic acids is 11.